The van der Waals surface area contributed by atoms with E-state index >= 15 is 0 Å². The van der Waals surface area contributed by atoms with E-state index in [9.17, 15) is 4.79 Å². The van der Waals surface area contributed by atoms with Crippen molar-refractivity contribution in [2.75, 3.05) is 26.8 Å². The van der Waals surface area contributed by atoms with E-state index in [1.807, 2.05) is 24.1 Å². The molecule has 3 rings (SSSR count). The number of fused-ring (bicyclic) bond motifs is 1. The van der Waals surface area contributed by atoms with Crippen LogP contribution in [-0.4, -0.2) is 43.8 Å². The van der Waals surface area contributed by atoms with Gasteiger partial charge in [0.25, 0.3) is 0 Å². The van der Waals surface area contributed by atoms with Gasteiger partial charge in [-0.2, -0.15) is 0 Å². The number of halogens is 1. The summed E-state index contributed by atoms with van der Waals surface area (Å²) in [5.41, 5.74) is 1.03. The maximum atomic E-state index is 12.4. The molecular formula is C19H27ClN2O3. The van der Waals surface area contributed by atoms with Gasteiger partial charge in [0.2, 0.25) is 0 Å². The van der Waals surface area contributed by atoms with Gasteiger partial charge in [0, 0.05) is 19.6 Å². The molecule has 2 amide bonds. The number of nitrogens with zero attached hydrogens (tertiary/aromatic N) is 1. The molecule has 0 aromatic heterocycles. The molecule has 0 radical (unpaired) electrons. The van der Waals surface area contributed by atoms with Crippen LogP contribution in [0.15, 0.2) is 12.1 Å². The normalized spacial score (nSPS) is 22.4. The molecule has 2 aliphatic rings. The second kappa shape index (κ2) is 8.17. The van der Waals surface area contributed by atoms with Crippen LogP contribution >= 0.6 is 11.6 Å². The van der Waals surface area contributed by atoms with Crippen LogP contribution < -0.4 is 14.8 Å². The van der Waals surface area contributed by atoms with Crippen molar-refractivity contribution in [1.29, 1.82) is 0 Å². The van der Waals surface area contributed by atoms with Crippen molar-refractivity contribution in [2.45, 2.75) is 45.1 Å². The summed E-state index contributed by atoms with van der Waals surface area (Å²) in [7, 11) is 1.90. The van der Waals surface area contributed by atoms with Gasteiger partial charge in [-0.05, 0) is 42.9 Å². The first-order valence-electron chi connectivity index (χ1n) is 9.13. The third-order valence-corrected chi connectivity index (χ3v) is 5.40. The highest BCUT2D eigenvalue weighted by molar-refractivity contribution is 6.32. The van der Waals surface area contributed by atoms with Crippen molar-refractivity contribution >= 4 is 17.6 Å². The van der Waals surface area contributed by atoms with Crippen LogP contribution in [0.4, 0.5) is 4.79 Å². The standard InChI is InChI=1S/C19H27ClN2O3/c1-13-4-3-5-15(10-13)22(2)19(23)21-7-6-14-11-16(20)18-17(12-14)24-8-9-25-18/h11-13,15H,3-10H2,1-2H3,(H,21,23). The van der Waals surface area contributed by atoms with Gasteiger partial charge in [0.05, 0.1) is 5.02 Å². The molecule has 6 heteroatoms. The lowest BCUT2D eigenvalue weighted by molar-refractivity contribution is 0.160. The van der Waals surface area contributed by atoms with Crippen LogP contribution in [0.1, 0.15) is 38.2 Å². The molecule has 1 aliphatic heterocycles. The zero-order chi connectivity index (χ0) is 17.8. The van der Waals surface area contributed by atoms with Gasteiger partial charge in [0.1, 0.15) is 13.2 Å². The van der Waals surface area contributed by atoms with Gasteiger partial charge < -0.3 is 19.7 Å². The van der Waals surface area contributed by atoms with Crippen LogP contribution in [0.3, 0.4) is 0 Å². The Kier molecular flexibility index (Phi) is 5.94. The number of carbonyl (C=O) groups excluding carboxylic acids is 1. The van der Waals surface area contributed by atoms with Crippen molar-refractivity contribution < 1.29 is 14.3 Å². The maximum Gasteiger partial charge on any atom is 0.317 e. The van der Waals surface area contributed by atoms with Gasteiger partial charge in [-0.3, -0.25) is 0 Å². The van der Waals surface area contributed by atoms with Crippen LogP contribution in [0.2, 0.25) is 5.02 Å². The minimum Gasteiger partial charge on any atom is -0.486 e. The first kappa shape index (κ1) is 18.2. The molecule has 1 heterocycles. The molecule has 1 aromatic rings. The molecule has 2 atom stereocenters. The predicted octanol–water partition coefficient (Wildman–Crippen LogP) is 3.87. The topological polar surface area (TPSA) is 50.8 Å². The summed E-state index contributed by atoms with van der Waals surface area (Å²) in [5.74, 6) is 2.01. The molecule has 0 saturated heterocycles. The number of hydrogen-bond donors (Lipinski definition) is 1. The fourth-order valence-electron chi connectivity index (χ4n) is 3.67. The fraction of sp³-hybridized carbons (Fsp3) is 0.632. The average Bonchev–Trinajstić information content (AvgIpc) is 2.61. The largest absolute Gasteiger partial charge is 0.486 e. The van der Waals surface area contributed by atoms with E-state index in [1.54, 1.807) is 0 Å². The Balaban J connectivity index is 1.50. The molecule has 0 bridgehead atoms. The molecular weight excluding hydrogens is 340 g/mol. The molecule has 1 saturated carbocycles. The number of carbonyl (C=O) groups is 1. The Labute approximate surface area is 154 Å². The SMILES string of the molecule is CC1CCCC(N(C)C(=O)NCCc2cc(Cl)c3c(c2)OCCO3)C1. The van der Waals surface area contributed by atoms with Gasteiger partial charge in [0.15, 0.2) is 11.5 Å². The monoisotopic (exact) mass is 366 g/mol. The molecule has 1 aliphatic carbocycles. The molecule has 1 N–H and O–H groups in total. The number of ether oxygens (including phenoxy) is 2. The summed E-state index contributed by atoms with van der Waals surface area (Å²) in [5, 5.41) is 3.58. The highest BCUT2D eigenvalue weighted by Gasteiger charge is 2.25. The summed E-state index contributed by atoms with van der Waals surface area (Å²) >= 11 is 6.25. The number of benzene rings is 1. The Morgan fingerprint density at radius 3 is 2.92 bits per heavy atom. The lowest BCUT2D eigenvalue weighted by Gasteiger charge is -2.34. The van der Waals surface area contributed by atoms with E-state index in [0.29, 0.717) is 54.7 Å². The van der Waals surface area contributed by atoms with E-state index in [0.717, 1.165) is 18.4 Å². The average molecular weight is 367 g/mol. The summed E-state index contributed by atoms with van der Waals surface area (Å²) in [6.45, 7) is 3.90. The van der Waals surface area contributed by atoms with Crippen molar-refractivity contribution in [3.63, 3.8) is 0 Å². The highest BCUT2D eigenvalue weighted by Crippen LogP contribution is 2.38. The summed E-state index contributed by atoms with van der Waals surface area (Å²) in [6.07, 6.45) is 5.39. The van der Waals surface area contributed by atoms with E-state index in [2.05, 4.69) is 12.2 Å². The Morgan fingerprint density at radius 1 is 1.32 bits per heavy atom. The van der Waals surface area contributed by atoms with E-state index in [-0.39, 0.29) is 6.03 Å². The van der Waals surface area contributed by atoms with Crippen molar-refractivity contribution in [3.8, 4) is 11.5 Å². The number of hydrogen-bond acceptors (Lipinski definition) is 3. The summed E-state index contributed by atoms with van der Waals surface area (Å²) in [6, 6.07) is 4.18. The van der Waals surface area contributed by atoms with Crippen molar-refractivity contribution in [3.05, 3.63) is 22.7 Å². The number of amides is 2. The third-order valence-electron chi connectivity index (χ3n) is 5.12. The van der Waals surface area contributed by atoms with Crippen LogP contribution in [0.25, 0.3) is 0 Å². The molecule has 138 valence electrons. The van der Waals surface area contributed by atoms with Crippen LogP contribution in [-0.2, 0) is 6.42 Å². The van der Waals surface area contributed by atoms with Gasteiger partial charge >= 0.3 is 6.03 Å². The van der Waals surface area contributed by atoms with Crippen LogP contribution in [0, 0.1) is 5.92 Å². The minimum atomic E-state index is 0.00254. The van der Waals surface area contributed by atoms with E-state index in [4.69, 9.17) is 21.1 Å². The maximum absolute atomic E-state index is 12.4. The Hall–Kier alpha value is -1.62. The number of urea groups is 1. The number of nitrogens with one attached hydrogen (secondary N) is 1. The fourth-order valence-corrected chi connectivity index (χ4v) is 3.95. The molecule has 2 unspecified atom stereocenters. The van der Waals surface area contributed by atoms with Crippen molar-refractivity contribution in [1.82, 2.24) is 10.2 Å². The zero-order valence-electron chi connectivity index (χ0n) is 15.0. The second-order valence-electron chi connectivity index (χ2n) is 7.12. The molecule has 1 aromatic carbocycles. The molecule has 5 nitrogen and oxygen atoms in total. The zero-order valence-corrected chi connectivity index (χ0v) is 15.8. The predicted molar refractivity (Wildman–Crippen MR) is 98.7 cm³/mol. The smallest absolute Gasteiger partial charge is 0.317 e. The van der Waals surface area contributed by atoms with Gasteiger partial charge in [-0.15, -0.1) is 0 Å². The Bertz CT molecular complexity index is 623. The molecule has 1 fully saturated rings. The first-order chi connectivity index (χ1) is 12.0. The number of rotatable bonds is 4. The third kappa shape index (κ3) is 4.51. The quantitative estimate of drug-likeness (QED) is 0.879. The second-order valence-corrected chi connectivity index (χ2v) is 7.53. The van der Waals surface area contributed by atoms with Gasteiger partial charge in [-0.1, -0.05) is 31.4 Å². The van der Waals surface area contributed by atoms with Crippen molar-refractivity contribution in [2.24, 2.45) is 5.92 Å². The lowest BCUT2D eigenvalue weighted by Crippen LogP contribution is -2.45. The highest BCUT2D eigenvalue weighted by atomic mass is 35.5. The van der Waals surface area contributed by atoms with E-state index < -0.39 is 0 Å². The summed E-state index contributed by atoms with van der Waals surface area (Å²) < 4.78 is 11.1. The Morgan fingerprint density at radius 2 is 2.12 bits per heavy atom. The molecule has 25 heavy (non-hydrogen) atoms. The van der Waals surface area contributed by atoms with Gasteiger partial charge in [-0.25, -0.2) is 4.79 Å². The lowest BCUT2D eigenvalue weighted by atomic mass is 9.86. The molecule has 0 spiro atoms. The minimum absolute atomic E-state index is 0.00254. The first-order valence-corrected chi connectivity index (χ1v) is 9.51. The van der Waals surface area contributed by atoms with E-state index in [1.165, 1.54) is 12.8 Å². The van der Waals surface area contributed by atoms with Crippen LogP contribution in [0.5, 0.6) is 11.5 Å². The summed E-state index contributed by atoms with van der Waals surface area (Å²) in [4.78, 5) is 14.3.